The molecule has 11 heteroatoms. The molecule has 0 aliphatic carbocycles. The first-order valence-electron chi connectivity index (χ1n) is 7.00. The number of aromatic nitrogens is 2. The normalized spacial score (nSPS) is 9.19. The van der Waals surface area contributed by atoms with Gasteiger partial charge in [-0.25, -0.2) is 14.6 Å². The summed E-state index contributed by atoms with van der Waals surface area (Å²) in [5.74, 6) is -0.109. The van der Waals surface area contributed by atoms with E-state index in [4.69, 9.17) is 4.74 Å². The van der Waals surface area contributed by atoms with Gasteiger partial charge < -0.3 is 9.47 Å². The van der Waals surface area contributed by atoms with Crippen LogP contribution in [0.3, 0.4) is 0 Å². The van der Waals surface area contributed by atoms with Crippen molar-refractivity contribution in [1.82, 2.24) is 9.97 Å². The van der Waals surface area contributed by atoms with E-state index in [2.05, 4.69) is 24.4 Å². The van der Waals surface area contributed by atoms with E-state index in [1.165, 1.54) is 14.2 Å². The lowest BCUT2D eigenvalue weighted by Crippen LogP contribution is -2.10. The summed E-state index contributed by atoms with van der Waals surface area (Å²) in [5, 5.41) is 2.09. The van der Waals surface area contributed by atoms with Crippen LogP contribution in [0, 0.1) is 6.92 Å². The standard InChI is InChI=1S/C8H8O2.C7H8N4O4S/c1-10-8(9)7-5-3-2-4-6-7;1-4-3-5(15-2)9-6(8-4)10-7(12)11-16(13)14/h2-6H,1H3;3H,1-2H3,(H,8,9,10,12). The minimum atomic E-state index is -2.81. The van der Waals surface area contributed by atoms with Crippen LogP contribution in [-0.2, 0) is 15.2 Å². The first kappa shape index (κ1) is 20.7. The number of methoxy groups -OCH3 is 2. The highest BCUT2D eigenvalue weighted by molar-refractivity contribution is 7.62. The number of hydrogen-bond acceptors (Lipinski definition) is 8. The van der Waals surface area contributed by atoms with Crippen LogP contribution in [0.25, 0.3) is 0 Å². The van der Waals surface area contributed by atoms with Crippen LogP contribution in [0.2, 0.25) is 0 Å². The van der Waals surface area contributed by atoms with Gasteiger partial charge in [0.2, 0.25) is 11.8 Å². The molecule has 0 aliphatic rings. The number of urea groups is 1. The van der Waals surface area contributed by atoms with Crippen molar-refractivity contribution in [2.24, 2.45) is 4.36 Å². The predicted octanol–water partition coefficient (Wildman–Crippen LogP) is 1.86. The first-order valence-corrected chi connectivity index (χ1v) is 8.04. The Kier molecular flexibility index (Phi) is 8.37. The molecular formula is C15H16N4O6S. The van der Waals surface area contributed by atoms with E-state index in [9.17, 15) is 18.0 Å². The number of nitrogens with one attached hydrogen (secondary N) is 1. The van der Waals surface area contributed by atoms with Crippen molar-refractivity contribution in [2.75, 3.05) is 19.5 Å². The van der Waals surface area contributed by atoms with E-state index in [1.807, 2.05) is 6.07 Å². The molecule has 0 aliphatic heterocycles. The molecule has 0 saturated carbocycles. The molecule has 1 heterocycles. The number of nitrogens with zero attached hydrogens (tertiary/aromatic N) is 3. The summed E-state index contributed by atoms with van der Waals surface area (Å²) in [6.07, 6.45) is 0. The number of esters is 1. The zero-order valence-electron chi connectivity index (χ0n) is 14.2. The zero-order chi connectivity index (χ0) is 19.5. The van der Waals surface area contributed by atoms with Crippen LogP contribution in [0.4, 0.5) is 10.7 Å². The lowest BCUT2D eigenvalue weighted by molar-refractivity contribution is 0.0600. The van der Waals surface area contributed by atoms with E-state index in [0.29, 0.717) is 11.3 Å². The van der Waals surface area contributed by atoms with Crippen LogP contribution >= 0.6 is 0 Å². The predicted molar refractivity (Wildman–Crippen MR) is 91.5 cm³/mol. The van der Waals surface area contributed by atoms with Gasteiger partial charge in [0.25, 0.3) is 0 Å². The molecule has 138 valence electrons. The average Bonchev–Trinajstić information content (AvgIpc) is 2.61. The summed E-state index contributed by atoms with van der Waals surface area (Å²) in [7, 11) is -0.0281. The number of anilines is 1. The minimum absolute atomic E-state index is 0.0731. The van der Waals surface area contributed by atoms with Crippen molar-refractivity contribution in [3.63, 3.8) is 0 Å². The van der Waals surface area contributed by atoms with Gasteiger partial charge in [-0.3, -0.25) is 5.32 Å². The van der Waals surface area contributed by atoms with Gasteiger partial charge in [-0.1, -0.05) is 22.6 Å². The molecule has 1 N–H and O–H groups in total. The molecule has 10 nitrogen and oxygen atoms in total. The number of carbonyl (C=O) groups excluding carboxylic acids is 2. The second-order valence-electron chi connectivity index (χ2n) is 4.47. The SMILES string of the molecule is COC(=O)c1ccccc1.COc1cc(C)nc(NC(=O)N=S(=O)=O)n1. The molecule has 0 radical (unpaired) electrons. The molecule has 0 atom stereocenters. The summed E-state index contributed by atoms with van der Waals surface area (Å²) >= 11 is 0. The average molecular weight is 380 g/mol. The monoisotopic (exact) mass is 380 g/mol. The van der Waals surface area contributed by atoms with Gasteiger partial charge in [0.15, 0.2) is 0 Å². The fourth-order valence-electron chi connectivity index (χ4n) is 1.58. The maximum atomic E-state index is 10.9. The van der Waals surface area contributed by atoms with E-state index in [0.717, 1.165) is 0 Å². The Morgan fingerprint density at radius 3 is 2.31 bits per heavy atom. The summed E-state index contributed by atoms with van der Waals surface area (Å²) in [4.78, 5) is 29.4. The largest absolute Gasteiger partial charge is 0.481 e. The maximum Gasteiger partial charge on any atom is 0.362 e. The van der Waals surface area contributed by atoms with E-state index >= 15 is 0 Å². The van der Waals surface area contributed by atoms with Crippen molar-refractivity contribution in [1.29, 1.82) is 0 Å². The minimum Gasteiger partial charge on any atom is -0.481 e. The molecule has 2 aromatic rings. The van der Waals surface area contributed by atoms with Gasteiger partial charge in [-0.15, -0.1) is 0 Å². The van der Waals surface area contributed by atoms with Crippen LogP contribution in [0.5, 0.6) is 5.88 Å². The van der Waals surface area contributed by atoms with E-state index in [1.54, 1.807) is 37.3 Å². The Hall–Kier alpha value is -3.34. The van der Waals surface area contributed by atoms with Crippen molar-refractivity contribution in [3.8, 4) is 5.88 Å². The Morgan fingerprint density at radius 1 is 1.12 bits per heavy atom. The number of benzene rings is 1. The molecule has 2 amide bonds. The molecule has 2 rings (SSSR count). The third kappa shape index (κ3) is 7.49. The highest BCUT2D eigenvalue weighted by Gasteiger charge is 2.06. The molecule has 0 unspecified atom stereocenters. The quantitative estimate of drug-likeness (QED) is 0.797. The number of rotatable bonds is 3. The number of ether oxygens (including phenoxy) is 2. The topological polar surface area (TPSA) is 137 Å². The lowest BCUT2D eigenvalue weighted by Gasteiger charge is -2.03. The van der Waals surface area contributed by atoms with Gasteiger partial charge in [-0.2, -0.15) is 13.4 Å². The summed E-state index contributed by atoms with van der Waals surface area (Å²) in [6, 6.07) is 9.36. The summed E-state index contributed by atoms with van der Waals surface area (Å²) in [6.45, 7) is 1.67. The van der Waals surface area contributed by atoms with Gasteiger partial charge in [0.1, 0.15) is 0 Å². The van der Waals surface area contributed by atoms with Crippen LogP contribution < -0.4 is 10.1 Å². The fourth-order valence-corrected chi connectivity index (χ4v) is 1.76. The second kappa shape index (κ2) is 10.5. The zero-order valence-corrected chi connectivity index (χ0v) is 15.0. The molecule has 0 spiro atoms. The number of aryl methyl sites for hydroxylation is 1. The van der Waals surface area contributed by atoms with Crippen LogP contribution in [0.15, 0.2) is 40.8 Å². The first-order chi connectivity index (χ1) is 12.3. The third-order valence-electron chi connectivity index (χ3n) is 2.61. The summed E-state index contributed by atoms with van der Waals surface area (Å²) in [5.41, 5.74) is 1.15. The van der Waals surface area contributed by atoms with Gasteiger partial charge in [-0.05, 0) is 19.1 Å². The molecular weight excluding hydrogens is 364 g/mol. The Bertz CT molecular complexity index is 892. The lowest BCUT2D eigenvalue weighted by atomic mass is 10.2. The van der Waals surface area contributed by atoms with E-state index < -0.39 is 16.5 Å². The highest BCUT2D eigenvalue weighted by atomic mass is 32.2. The summed E-state index contributed by atoms with van der Waals surface area (Å²) < 4.78 is 32.2. The number of hydrogen-bond donors (Lipinski definition) is 1. The number of amides is 2. The smallest absolute Gasteiger partial charge is 0.362 e. The van der Waals surface area contributed by atoms with Crippen molar-refractivity contribution in [3.05, 3.63) is 47.7 Å². The second-order valence-corrected chi connectivity index (χ2v) is 5.09. The van der Waals surface area contributed by atoms with Gasteiger partial charge in [0.05, 0.1) is 19.8 Å². The van der Waals surface area contributed by atoms with Crippen LogP contribution in [-0.4, -0.2) is 44.6 Å². The molecule has 0 fully saturated rings. The van der Waals surface area contributed by atoms with Gasteiger partial charge in [0, 0.05) is 11.8 Å². The number of carbonyl (C=O) groups is 2. The Labute approximate surface area is 150 Å². The van der Waals surface area contributed by atoms with Crippen molar-refractivity contribution < 1.29 is 27.5 Å². The van der Waals surface area contributed by atoms with Gasteiger partial charge >= 0.3 is 22.5 Å². The molecule has 26 heavy (non-hydrogen) atoms. The molecule has 1 aromatic heterocycles. The molecule has 0 bridgehead atoms. The molecule has 1 aromatic carbocycles. The third-order valence-corrected chi connectivity index (χ3v) is 2.93. The molecule has 0 saturated heterocycles. The maximum absolute atomic E-state index is 10.9. The highest BCUT2D eigenvalue weighted by Crippen LogP contribution is 2.11. The van der Waals surface area contributed by atoms with E-state index in [-0.39, 0.29) is 17.8 Å². The Morgan fingerprint density at radius 2 is 1.77 bits per heavy atom. The van der Waals surface area contributed by atoms with Crippen LogP contribution in [0.1, 0.15) is 16.1 Å². The van der Waals surface area contributed by atoms with Crippen molar-refractivity contribution in [2.45, 2.75) is 6.92 Å². The fraction of sp³-hybridized carbons (Fsp3) is 0.200. The Balaban J connectivity index is 0.000000289. The van der Waals surface area contributed by atoms with Crippen molar-refractivity contribution >= 4 is 28.4 Å².